The first-order chi connectivity index (χ1) is 7.83. The Balaban J connectivity index is 1.54. The van der Waals surface area contributed by atoms with Crippen LogP contribution in [-0.2, 0) is 4.79 Å². The van der Waals surface area contributed by atoms with Gasteiger partial charge in [0.15, 0.2) is 5.13 Å². The average Bonchev–Trinajstić information content (AvgIpc) is 2.80. The van der Waals surface area contributed by atoms with Gasteiger partial charge in [0.2, 0.25) is 5.91 Å². The van der Waals surface area contributed by atoms with E-state index in [1.165, 1.54) is 0 Å². The number of thiazole rings is 1. The van der Waals surface area contributed by atoms with E-state index in [2.05, 4.69) is 15.2 Å². The Bertz CT molecular complexity index is 375. The zero-order chi connectivity index (χ0) is 11.0. The Morgan fingerprint density at radius 2 is 2.38 bits per heavy atom. The largest absolute Gasteiger partial charge is 0.351 e. The molecule has 1 N–H and O–H groups in total. The van der Waals surface area contributed by atoms with Gasteiger partial charge in [-0.1, -0.05) is 0 Å². The fourth-order valence-electron chi connectivity index (χ4n) is 2.09. The van der Waals surface area contributed by atoms with E-state index < -0.39 is 0 Å². The quantitative estimate of drug-likeness (QED) is 0.860. The predicted molar refractivity (Wildman–Crippen MR) is 63.6 cm³/mol. The van der Waals surface area contributed by atoms with E-state index in [-0.39, 0.29) is 5.91 Å². The van der Waals surface area contributed by atoms with Gasteiger partial charge in [-0.15, -0.1) is 11.3 Å². The molecular formula is C11H15N3OS. The van der Waals surface area contributed by atoms with Gasteiger partial charge in [0, 0.05) is 36.6 Å². The van der Waals surface area contributed by atoms with Gasteiger partial charge >= 0.3 is 0 Å². The molecule has 1 saturated heterocycles. The summed E-state index contributed by atoms with van der Waals surface area (Å²) >= 11 is 1.66. The van der Waals surface area contributed by atoms with Gasteiger partial charge in [-0.05, 0) is 19.3 Å². The standard InChI is InChI=1S/C11H15N3OS/c15-10(8-1-2-8)13-9-3-5-14(7-9)11-12-4-6-16-11/h4,6,8-9H,1-3,5,7H2,(H,13,15). The van der Waals surface area contributed by atoms with Crippen LogP contribution in [0.3, 0.4) is 0 Å². The van der Waals surface area contributed by atoms with Crippen LogP contribution in [-0.4, -0.2) is 30.0 Å². The van der Waals surface area contributed by atoms with E-state index in [1.807, 2.05) is 11.6 Å². The van der Waals surface area contributed by atoms with Crippen molar-refractivity contribution in [3.8, 4) is 0 Å². The van der Waals surface area contributed by atoms with Crippen LogP contribution in [0.25, 0.3) is 0 Å². The van der Waals surface area contributed by atoms with Crippen LogP contribution in [0, 0.1) is 5.92 Å². The monoisotopic (exact) mass is 237 g/mol. The third-order valence-electron chi connectivity index (χ3n) is 3.17. The molecule has 0 aromatic carbocycles. The normalized spacial score (nSPS) is 24.8. The van der Waals surface area contributed by atoms with Crippen molar-refractivity contribution in [3.05, 3.63) is 11.6 Å². The van der Waals surface area contributed by atoms with E-state index >= 15 is 0 Å². The molecule has 2 heterocycles. The number of anilines is 1. The molecule has 1 atom stereocenters. The van der Waals surface area contributed by atoms with Gasteiger partial charge in [-0.3, -0.25) is 4.79 Å². The van der Waals surface area contributed by atoms with E-state index in [1.54, 1.807) is 11.3 Å². The Labute approximate surface area is 98.7 Å². The zero-order valence-corrected chi connectivity index (χ0v) is 9.87. The van der Waals surface area contributed by atoms with Gasteiger partial charge in [-0.2, -0.15) is 0 Å². The number of nitrogens with one attached hydrogen (secondary N) is 1. The van der Waals surface area contributed by atoms with E-state index in [0.29, 0.717) is 12.0 Å². The molecule has 2 aliphatic rings. The second-order valence-corrected chi connectivity index (χ2v) is 5.40. The molecule has 4 nitrogen and oxygen atoms in total. The summed E-state index contributed by atoms with van der Waals surface area (Å²) in [4.78, 5) is 18.2. The summed E-state index contributed by atoms with van der Waals surface area (Å²) in [6, 6.07) is 0.317. The maximum Gasteiger partial charge on any atom is 0.223 e. The summed E-state index contributed by atoms with van der Waals surface area (Å²) in [5, 5.41) is 6.19. The molecule has 0 spiro atoms. The summed E-state index contributed by atoms with van der Waals surface area (Å²) in [6.07, 6.45) is 5.03. The number of carbonyl (C=O) groups excluding carboxylic acids is 1. The molecule has 5 heteroatoms. The summed E-state index contributed by atoms with van der Waals surface area (Å²) in [5.74, 6) is 0.569. The highest BCUT2D eigenvalue weighted by atomic mass is 32.1. The number of carbonyl (C=O) groups is 1. The summed E-state index contributed by atoms with van der Waals surface area (Å²) < 4.78 is 0. The lowest BCUT2D eigenvalue weighted by Crippen LogP contribution is -2.37. The molecule has 1 aliphatic heterocycles. The minimum absolute atomic E-state index is 0.256. The van der Waals surface area contributed by atoms with E-state index in [0.717, 1.165) is 37.5 Å². The fourth-order valence-corrected chi connectivity index (χ4v) is 2.77. The topological polar surface area (TPSA) is 45.2 Å². The van der Waals surface area contributed by atoms with Crippen LogP contribution in [0.5, 0.6) is 0 Å². The Kier molecular flexibility index (Phi) is 2.55. The Morgan fingerprint density at radius 3 is 3.06 bits per heavy atom. The molecule has 1 aromatic rings. The second kappa shape index (κ2) is 4.05. The van der Waals surface area contributed by atoms with Crippen LogP contribution >= 0.6 is 11.3 Å². The van der Waals surface area contributed by atoms with Gasteiger partial charge < -0.3 is 10.2 Å². The summed E-state index contributed by atoms with van der Waals surface area (Å²) in [6.45, 7) is 1.91. The molecule has 2 fully saturated rings. The van der Waals surface area contributed by atoms with Gasteiger partial charge in [-0.25, -0.2) is 4.98 Å². The SMILES string of the molecule is O=C(NC1CCN(c2nccs2)C1)C1CC1. The molecule has 3 rings (SSSR count). The Morgan fingerprint density at radius 1 is 1.50 bits per heavy atom. The lowest BCUT2D eigenvalue weighted by atomic mass is 10.2. The lowest BCUT2D eigenvalue weighted by Gasteiger charge is -2.15. The average molecular weight is 237 g/mol. The number of hydrogen-bond acceptors (Lipinski definition) is 4. The van der Waals surface area contributed by atoms with Gasteiger partial charge in [0.25, 0.3) is 0 Å². The maximum absolute atomic E-state index is 11.6. The molecule has 16 heavy (non-hydrogen) atoms. The van der Waals surface area contributed by atoms with Crippen LogP contribution in [0.4, 0.5) is 5.13 Å². The van der Waals surface area contributed by atoms with Gasteiger partial charge in [0.05, 0.1) is 0 Å². The van der Waals surface area contributed by atoms with Crippen molar-refractivity contribution in [2.75, 3.05) is 18.0 Å². The number of hydrogen-bond donors (Lipinski definition) is 1. The molecule has 1 aromatic heterocycles. The first kappa shape index (κ1) is 10.1. The Hall–Kier alpha value is -1.10. The molecular weight excluding hydrogens is 222 g/mol. The molecule has 1 aliphatic carbocycles. The van der Waals surface area contributed by atoms with E-state index in [9.17, 15) is 4.79 Å². The van der Waals surface area contributed by atoms with Crippen molar-refractivity contribution in [3.63, 3.8) is 0 Å². The number of nitrogens with zero attached hydrogens (tertiary/aromatic N) is 2. The molecule has 1 amide bonds. The van der Waals surface area contributed by atoms with Crippen LogP contribution < -0.4 is 10.2 Å². The van der Waals surface area contributed by atoms with Crippen molar-refractivity contribution in [1.29, 1.82) is 0 Å². The number of aromatic nitrogens is 1. The lowest BCUT2D eigenvalue weighted by molar-refractivity contribution is -0.122. The molecule has 1 unspecified atom stereocenters. The molecule has 0 radical (unpaired) electrons. The first-order valence-electron chi connectivity index (χ1n) is 5.78. The van der Waals surface area contributed by atoms with Crippen LogP contribution in [0.1, 0.15) is 19.3 Å². The molecule has 86 valence electrons. The van der Waals surface area contributed by atoms with Crippen LogP contribution in [0.15, 0.2) is 11.6 Å². The highest BCUT2D eigenvalue weighted by Gasteiger charge is 2.33. The predicted octanol–water partition coefficient (Wildman–Crippen LogP) is 1.25. The summed E-state index contributed by atoms with van der Waals surface area (Å²) in [7, 11) is 0. The second-order valence-electron chi connectivity index (χ2n) is 4.53. The van der Waals surface area contributed by atoms with Crippen molar-refractivity contribution < 1.29 is 4.79 Å². The van der Waals surface area contributed by atoms with Gasteiger partial charge in [0.1, 0.15) is 0 Å². The fraction of sp³-hybridized carbons (Fsp3) is 0.636. The van der Waals surface area contributed by atoms with E-state index in [4.69, 9.17) is 0 Å². The van der Waals surface area contributed by atoms with Crippen LogP contribution in [0.2, 0.25) is 0 Å². The highest BCUT2D eigenvalue weighted by Crippen LogP contribution is 2.29. The minimum Gasteiger partial charge on any atom is -0.351 e. The number of rotatable bonds is 3. The zero-order valence-electron chi connectivity index (χ0n) is 9.06. The van der Waals surface area contributed by atoms with Crippen molar-refractivity contribution in [2.45, 2.75) is 25.3 Å². The van der Waals surface area contributed by atoms with Crippen molar-refractivity contribution >= 4 is 22.4 Å². The smallest absolute Gasteiger partial charge is 0.223 e. The third-order valence-corrected chi connectivity index (χ3v) is 4.00. The summed E-state index contributed by atoms with van der Waals surface area (Å²) in [5.41, 5.74) is 0. The highest BCUT2D eigenvalue weighted by molar-refractivity contribution is 7.13. The first-order valence-corrected chi connectivity index (χ1v) is 6.66. The van der Waals surface area contributed by atoms with Crippen molar-refractivity contribution in [1.82, 2.24) is 10.3 Å². The maximum atomic E-state index is 11.6. The molecule has 0 bridgehead atoms. The molecule has 1 saturated carbocycles. The number of amides is 1. The minimum atomic E-state index is 0.256. The van der Waals surface area contributed by atoms with Crippen molar-refractivity contribution in [2.24, 2.45) is 5.92 Å². The third kappa shape index (κ3) is 2.04.